The number of nitrogens with zero attached hydrogens (tertiary/aromatic N) is 3. The highest BCUT2D eigenvalue weighted by molar-refractivity contribution is 7.80. The number of hydrogen-bond donors (Lipinski definition) is 2. The Hall–Kier alpha value is -4.16. The Bertz CT molecular complexity index is 1680. The number of nitrogens with one attached hydrogen (secondary N) is 2. The van der Waals surface area contributed by atoms with Crippen molar-refractivity contribution in [1.82, 2.24) is 20.1 Å². The number of anilines is 1. The first-order valence-electron chi connectivity index (χ1n) is 19.1. The number of hydrogen-bond acceptors (Lipinski definition) is 13. The zero-order valence-corrected chi connectivity index (χ0v) is 35.2. The SMILES string of the molecule is COc1c(F)cccc1NC(=S)C1C(=O)N(C(=O)OC(C)(C)C)CC(CCCC(OC)OC)C1NCc1ccncc1OC[C@@H]1CN(C(=O)OC(C)(C)C)CCO1. The average molecular weight is 820 g/mol. The van der Waals surface area contributed by atoms with Crippen LogP contribution in [-0.4, -0.2) is 122 Å². The third kappa shape index (κ3) is 13.2. The number of carbonyl (C=O) groups is 3. The number of pyridine rings is 1. The van der Waals surface area contributed by atoms with Crippen molar-refractivity contribution >= 4 is 41.0 Å². The molecule has 2 saturated heterocycles. The number of ether oxygens (including phenoxy) is 7. The number of aromatic nitrogens is 1. The minimum absolute atomic E-state index is 0.0469. The molecule has 2 aliphatic rings. The standard InChI is InChI=1S/C40H58FN5O10S/c1-39(2,3)55-37(48)45-18-19-53-27(23-45)24-54-30-21-42-17-16-25(30)20-43-33-26(12-10-15-31(50-7)51-8)22-46(38(49)56-40(4,5)6)36(47)32(33)35(57)44-29-14-11-13-28(41)34(29)52-9/h11,13-14,16-17,21,26-27,31-33,43H,10,12,15,18-20,22-24H2,1-9H3,(H,44,57)/t26?,27-,32?,33?/m0/s1. The molecule has 0 spiro atoms. The van der Waals surface area contributed by atoms with Gasteiger partial charge >= 0.3 is 12.2 Å². The van der Waals surface area contributed by atoms with Gasteiger partial charge in [-0.05, 0) is 84.9 Å². The maximum absolute atomic E-state index is 14.8. The van der Waals surface area contributed by atoms with Gasteiger partial charge in [0.25, 0.3) is 0 Å². The summed E-state index contributed by atoms with van der Waals surface area (Å²) in [5.74, 6) is -2.22. The summed E-state index contributed by atoms with van der Waals surface area (Å²) in [6.45, 7) is 12.1. The van der Waals surface area contributed by atoms with E-state index in [9.17, 15) is 18.8 Å². The number of likely N-dealkylation sites (tertiary alicyclic amines) is 1. The second-order valence-electron chi connectivity index (χ2n) is 15.9. The molecule has 3 amide bonds. The van der Waals surface area contributed by atoms with Crippen LogP contribution in [0.15, 0.2) is 36.7 Å². The molecule has 4 atom stereocenters. The number of benzene rings is 1. The molecule has 57 heavy (non-hydrogen) atoms. The van der Waals surface area contributed by atoms with Gasteiger partial charge in [-0.15, -0.1) is 0 Å². The second-order valence-corrected chi connectivity index (χ2v) is 16.4. The fourth-order valence-electron chi connectivity index (χ4n) is 6.66. The van der Waals surface area contributed by atoms with Crippen LogP contribution in [0.25, 0.3) is 0 Å². The summed E-state index contributed by atoms with van der Waals surface area (Å²) < 4.78 is 54.3. The Kier molecular flexibility index (Phi) is 16.4. The van der Waals surface area contributed by atoms with Crippen LogP contribution in [0.1, 0.15) is 66.4 Å². The van der Waals surface area contributed by atoms with Crippen LogP contribution >= 0.6 is 12.2 Å². The Morgan fingerprint density at radius 2 is 1.74 bits per heavy atom. The lowest BCUT2D eigenvalue weighted by molar-refractivity contribution is -0.138. The maximum Gasteiger partial charge on any atom is 0.417 e. The third-order valence-corrected chi connectivity index (χ3v) is 9.65. The molecule has 17 heteroatoms. The third-order valence-electron chi connectivity index (χ3n) is 9.30. The molecule has 3 unspecified atom stereocenters. The molecule has 1 aromatic carbocycles. The van der Waals surface area contributed by atoms with Gasteiger partial charge in [0, 0.05) is 51.7 Å². The number of morpholine rings is 1. The van der Waals surface area contributed by atoms with Crippen LogP contribution in [0.3, 0.4) is 0 Å². The normalized spacial score (nSPS) is 20.3. The fraction of sp³-hybridized carbons (Fsp3) is 0.625. The van der Waals surface area contributed by atoms with Gasteiger partial charge in [0.15, 0.2) is 17.9 Å². The van der Waals surface area contributed by atoms with E-state index in [1.165, 1.54) is 19.2 Å². The minimum atomic E-state index is -1.10. The molecule has 2 fully saturated rings. The Balaban J connectivity index is 1.61. The number of carbonyl (C=O) groups excluding carboxylic acids is 3. The molecule has 1 aromatic heterocycles. The number of thiocarbonyl (C=S) groups is 1. The van der Waals surface area contributed by atoms with Crippen LogP contribution in [-0.2, 0) is 35.0 Å². The molecule has 0 saturated carbocycles. The van der Waals surface area contributed by atoms with Crippen molar-refractivity contribution in [2.75, 3.05) is 59.5 Å². The number of imide groups is 1. The van der Waals surface area contributed by atoms with Crippen molar-refractivity contribution in [3.05, 3.63) is 48.0 Å². The number of methoxy groups -OCH3 is 3. The highest BCUT2D eigenvalue weighted by Gasteiger charge is 2.48. The molecule has 316 valence electrons. The minimum Gasteiger partial charge on any atom is -0.492 e. The summed E-state index contributed by atoms with van der Waals surface area (Å²) in [5.41, 5.74) is -0.544. The molecular formula is C40H58FN5O10S. The number of halogens is 1. The zero-order chi connectivity index (χ0) is 41.9. The van der Waals surface area contributed by atoms with Gasteiger partial charge in [0.1, 0.15) is 35.6 Å². The molecule has 3 heterocycles. The first-order chi connectivity index (χ1) is 26.9. The molecule has 2 aliphatic heterocycles. The molecule has 2 aromatic rings. The molecule has 2 N–H and O–H groups in total. The smallest absolute Gasteiger partial charge is 0.417 e. The zero-order valence-electron chi connectivity index (χ0n) is 34.4. The summed E-state index contributed by atoms with van der Waals surface area (Å²) in [6, 6.07) is 5.52. The van der Waals surface area contributed by atoms with Gasteiger partial charge in [-0.25, -0.2) is 18.9 Å². The monoisotopic (exact) mass is 819 g/mol. The highest BCUT2D eigenvalue weighted by Crippen LogP contribution is 2.34. The van der Waals surface area contributed by atoms with Gasteiger partial charge in [0.2, 0.25) is 5.91 Å². The van der Waals surface area contributed by atoms with Crippen LogP contribution in [0.4, 0.5) is 19.7 Å². The molecule has 0 bridgehead atoms. The van der Waals surface area contributed by atoms with E-state index in [4.69, 9.17) is 45.4 Å². The van der Waals surface area contributed by atoms with E-state index in [1.807, 2.05) is 20.8 Å². The average Bonchev–Trinajstić information content (AvgIpc) is 3.14. The topological polar surface area (TPSA) is 159 Å². The highest BCUT2D eigenvalue weighted by atomic mass is 32.1. The summed E-state index contributed by atoms with van der Waals surface area (Å²) >= 11 is 5.93. The molecule has 15 nitrogen and oxygen atoms in total. The van der Waals surface area contributed by atoms with E-state index in [0.717, 1.165) is 10.5 Å². The van der Waals surface area contributed by atoms with Crippen molar-refractivity contribution in [3.63, 3.8) is 0 Å². The number of rotatable bonds is 15. The summed E-state index contributed by atoms with van der Waals surface area (Å²) in [5, 5.41) is 6.61. The van der Waals surface area contributed by atoms with Gasteiger partial charge < -0.3 is 48.7 Å². The van der Waals surface area contributed by atoms with Crippen LogP contribution < -0.4 is 20.1 Å². The largest absolute Gasteiger partial charge is 0.492 e. The first-order valence-corrected chi connectivity index (χ1v) is 19.5. The fourth-order valence-corrected chi connectivity index (χ4v) is 7.01. The molecule has 4 rings (SSSR count). The van der Waals surface area contributed by atoms with E-state index in [2.05, 4.69) is 15.6 Å². The lowest BCUT2D eigenvalue weighted by atomic mass is 9.79. The van der Waals surface area contributed by atoms with Crippen LogP contribution in [0.5, 0.6) is 11.5 Å². The predicted octanol–water partition coefficient (Wildman–Crippen LogP) is 5.94. The van der Waals surface area contributed by atoms with Gasteiger partial charge in [-0.1, -0.05) is 18.3 Å². The number of piperidine rings is 1. The molecule has 0 radical (unpaired) electrons. The predicted molar refractivity (Wildman–Crippen MR) is 214 cm³/mol. The summed E-state index contributed by atoms with van der Waals surface area (Å²) in [4.78, 5) is 47.8. The molecule has 0 aliphatic carbocycles. The maximum atomic E-state index is 14.8. The van der Waals surface area contributed by atoms with E-state index >= 15 is 0 Å². The Labute approximate surface area is 340 Å². The van der Waals surface area contributed by atoms with Gasteiger partial charge in [0.05, 0.1) is 37.1 Å². The van der Waals surface area contributed by atoms with Crippen LogP contribution in [0.2, 0.25) is 0 Å². The number of para-hydroxylation sites is 1. The van der Waals surface area contributed by atoms with E-state index < -0.39 is 59.5 Å². The number of amides is 3. The van der Waals surface area contributed by atoms with Crippen molar-refractivity contribution in [2.24, 2.45) is 11.8 Å². The van der Waals surface area contributed by atoms with Crippen molar-refractivity contribution in [3.8, 4) is 11.5 Å². The Morgan fingerprint density at radius 3 is 2.40 bits per heavy atom. The van der Waals surface area contributed by atoms with E-state index in [1.54, 1.807) is 64.4 Å². The first kappa shape index (κ1) is 45.5. The quantitative estimate of drug-likeness (QED) is 0.161. The molecular weight excluding hydrogens is 762 g/mol. The van der Waals surface area contributed by atoms with Gasteiger partial charge in [-0.3, -0.25) is 9.78 Å². The van der Waals surface area contributed by atoms with Crippen LogP contribution in [0, 0.1) is 17.7 Å². The van der Waals surface area contributed by atoms with E-state index in [-0.39, 0.29) is 48.6 Å². The summed E-state index contributed by atoms with van der Waals surface area (Å²) in [7, 11) is 4.46. The van der Waals surface area contributed by atoms with E-state index in [0.29, 0.717) is 38.2 Å². The van der Waals surface area contributed by atoms with Crippen molar-refractivity contribution in [1.29, 1.82) is 0 Å². The van der Waals surface area contributed by atoms with Crippen molar-refractivity contribution < 1.29 is 51.9 Å². The Morgan fingerprint density at radius 1 is 1.04 bits per heavy atom. The lowest BCUT2D eigenvalue weighted by Gasteiger charge is -2.43. The lowest BCUT2D eigenvalue weighted by Crippen LogP contribution is -2.62. The summed E-state index contributed by atoms with van der Waals surface area (Å²) in [6.07, 6.45) is 2.89. The van der Waals surface area contributed by atoms with Crippen molar-refractivity contribution in [2.45, 2.75) is 97.0 Å². The van der Waals surface area contributed by atoms with Gasteiger partial charge in [-0.2, -0.15) is 0 Å². The second kappa shape index (κ2) is 20.5.